The Morgan fingerprint density at radius 1 is 1.64 bits per heavy atom. The van der Waals surface area contributed by atoms with Gasteiger partial charge in [-0.3, -0.25) is 0 Å². The Morgan fingerprint density at radius 2 is 2.29 bits per heavy atom. The predicted molar refractivity (Wildman–Crippen MR) is 40.1 cm³/mol. The summed E-state index contributed by atoms with van der Waals surface area (Å²) in [6.07, 6.45) is -2.12. The van der Waals surface area contributed by atoms with Crippen molar-refractivity contribution in [3.8, 4) is 5.88 Å². The van der Waals surface area contributed by atoms with Crippen LogP contribution in [-0.2, 0) is 0 Å². The van der Waals surface area contributed by atoms with Crippen molar-refractivity contribution >= 4 is 5.97 Å². The first kappa shape index (κ1) is 10.4. The van der Waals surface area contributed by atoms with E-state index in [9.17, 15) is 18.7 Å². The Hall–Kier alpha value is -1.72. The minimum absolute atomic E-state index is 0.0645. The molecule has 0 atom stereocenters. The van der Waals surface area contributed by atoms with Crippen LogP contribution >= 0.6 is 0 Å². The molecule has 0 aliphatic carbocycles. The molecule has 0 saturated carbocycles. The second-order valence-electron chi connectivity index (χ2n) is 2.40. The van der Waals surface area contributed by atoms with Crippen LogP contribution in [0.4, 0.5) is 8.78 Å². The molecular weight excluding hydrogens is 196 g/mol. The number of aromatic carboxylic acids is 1. The first-order valence-corrected chi connectivity index (χ1v) is 3.59. The molecule has 1 aromatic rings. The van der Waals surface area contributed by atoms with E-state index < -0.39 is 23.5 Å². The number of carboxylic acid groups (broad SMARTS) is 1. The van der Waals surface area contributed by atoms with Gasteiger partial charge in [0.2, 0.25) is 5.88 Å². The molecule has 0 aliphatic heterocycles. The highest BCUT2D eigenvalue weighted by atomic mass is 19.3. The van der Waals surface area contributed by atoms with E-state index in [2.05, 4.69) is 9.72 Å². The van der Waals surface area contributed by atoms with E-state index in [4.69, 9.17) is 0 Å². The molecule has 0 bridgehead atoms. The van der Waals surface area contributed by atoms with Crippen LogP contribution in [0, 0.1) is 0 Å². The van der Waals surface area contributed by atoms with E-state index in [-0.39, 0.29) is 5.88 Å². The van der Waals surface area contributed by atoms with E-state index in [1.54, 1.807) is 0 Å². The van der Waals surface area contributed by atoms with Crippen molar-refractivity contribution in [1.82, 2.24) is 4.98 Å². The highest BCUT2D eigenvalue weighted by molar-refractivity contribution is 5.87. The average molecular weight is 202 g/mol. The third-order valence-corrected chi connectivity index (χ3v) is 1.58. The van der Waals surface area contributed by atoms with Crippen molar-refractivity contribution in [2.24, 2.45) is 0 Å². The molecule has 4 nitrogen and oxygen atoms in total. The summed E-state index contributed by atoms with van der Waals surface area (Å²) in [5.41, 5.74) is -1.28. The largest absolute Gasteiger partial charge is 0.545 e. The number of hydrogen-bond acceptors (Lipinski definition) is 4. The normalized spacial score (nSPS) is 10.3. The van der Waals surface area contributed by atoms with Crippen molar-refractivity contribution in [3.63, 3.8) is 0 Å². The van der Waals surface area contributed by atoms with Crippen molar-refractivity contribution in [1.29, 1.82) is 0 Å². The van der Waals surface area contributed by atoms with Crippen molar-refractivity contribution in [3.05, 3.63) is 23.4 Å². The number of carbonyl (C=O) groups is 1. The molecule has 0 aliphatic rings. The summed E-state index contributed by atoms with van der Waals surface area (Å²) >= 11 is 0. The van der Waals surface area contributed by atoms with Gasteiger partial charge in [-0.15, -0.1) is 0 Å². The summed E-state index contributed by atoms with van der Waals surface area (Å²) in [6.45, 7) is 0. The smallest absolute Gasteiger partial charge is 0.264 e. The van der Waals surface area contributed by atoms with Gasteiger partial charge in [-0.1, -0.05) is 0 Å². The molecule has 1 rings (SSSR count). The maximum absolute atomic E-state index is 12.3. The van der Waals surface area contributed by atoms with Crippen molar-refractivity contribution in [2.75, 3.05) is 7.11 Å². The van der Waals surface area contributed by atoms with Crippen LogP contribution in [0.1, 0.15) is 22.3 Å². The maximum Gasteiger partial charge on any atom is 0.264 e. The van der Waals surface area contributed by atoms with Gasteiger partial charge in [0.15, 0.2) is 0 Å². The number of halogens is 2. The molecule has 0 radical (unpaired) electrons. The number of nitrogens with zero attached hydrogens (tertiary/aromatic N) is 1. The molecule has 1 aromatic heterocycles. The van der Waals surface area contributed by atoms with Crippen LogP contribution in [0.3, 0.4) is 0 Å². The lowest BCUT2D eigenvalue weighted by Crippen LogP contribution is -2.24. The fraction of sp³-hybridized carbons (Fsp3) is 0.250. The molecule has 0 unspecified atom stereocenters. The lowest BCUT2D eigenvalue weighted by Gasteiger charge is -2.09. The Bertz CT molecular complexity index is 354. The number of pyridine rings is 1. The Kier molecular flexibility index (Phi) is 2.95. The maximum atomic E-state index is 12.3. The third kappa shape index (κ3) is 1.95. The van der Waals surface area contributed by atoms with E-state index in [0.29, 0.717) is 0 Å². The topological polar surface area (TPSA) is 62.2 Å². The summed E-state index contributed by atoms with van der Waals surface area (Å²) in [5.74, 6) is -1.75. The lowest BCUT2D eigenvalue weighted by atomic mass is 10.1. The van der Waals surface area contributed by atoms with Crippen LogP contribution in [0.2, 0.25) is 0 Å². The van der Waals surface area contributed by atoms with Gasteiger partial charge in [-0.25, -0.2) is 13.8 Å². The molecule has 0 fully saturated rings. The predicted octanol–water partition coefficient (Wildman–Crippen LogP) is 0.391. The number of rotatable bonds is 3. The molecule has 76 valence electrons. The zero-order chi connectivity index (χ0) is 10.7. The molecule has 14 heavy (non-hydrogen) atoms. The van der Waals surface area contributed by atoms with Gasteiger partial charge in [-0.05, 0) is 0 Å². The SMILES string of the molecule is COc1cc(C(F)F)c(C(=O)[O-])cn1. The molecule has 0 N–H and O–H groups in total. The highest BCUT2D eigenvalue weighted by Gasteiger charge is 2.15. The average Bonchev–Trinajstić information content (AvgIpc) is 2.16. The van der Waals surface area contributed by atoms with E-state index in [1.807, 2.05) is 0 Å². The summed E-state index contributed by atoms with van der Waals surface area (Å²) < 4.78 is 29.2. The molecule has 0 saturated heterocycles. The van der Waals surface area contributed by atoms with Crippen molar-refractivity contribution < 1.29 is 23.4 Å². The second kappa shape index (κ2) is 3.99. The Morgan fingerprint density at radius 3 is 2.71 bits per heavy atom. The minimum Gasteiger partial charge on any atom is -0.545 e. The zero-order valence-corrected chi connectivity index (χ0v) is 7.16. The Balaban J connectivity index is 3.24. The number of hydrogen-bond donors (Lipinski definition) is 0. The van der Waals surface area contributed by atoms with Crippen LogP contribution in [-0.4, -0.2) is 18.1 Å². The number of ether oxygens (including phenoxy) is 1. The second-order valence-corrected chi connectivity index (χ2v) is 2.40. The van der Waals surface area contributed by atoms with Gasteiger partial charge in [0.1, 0.15) is 0 Å². The summed E-state index contributed by atoms with van der Waals surface area (Å²) in [5, 5.41) is 10.4. The van der Waals surface area contributed by atoms with E-state index in [1.165, 1.54) is 7.11 Å². The minimum atomic E-state index is -2.90. The molecule has 0 aromatic carbocycles. The Labute approximate surface area is 78.1 Å². The van der Waals surface area contributed by atoms with Gasteiger partial charge in [0.05, 0.1) is 13.1 Å². The van der Waals surface area contributed by atoms with Crippen LogP contribution in [0.15, 0.2) is 12.3 Å². The monoisotopic (exact) mass is 202 g/mol. The summed E-state index contributed by atoms with van der Waals surface area (Å²) in [7, 11) is 1.25. The van der Waals surface area contributed by atoms with Gasteiger partial charge < -0.3 is 14.6 Å². The van der Waals surface area contributed by atoms with E-state index in [0.717, 1.165) is 12.3 Å². The highest BCUT2D eigenvalue weighted by Crippen LogP contribution is 2.24. The number of aromatic nitrogens is 1. The molecular formula is C8H6F2NO3-. The molecule has 6 heteroatoms. The third-order valence-electron chi connectivity index (χ3n) is 1.58. The standard InChI is InChI=1S/C8H7F2NO3/c1-14-6-2-4(7(9)10)5(3-11-6)8(12)13/h2-3,7H,1H3,(H,12,13)/p-1. The van der Waals surface area contributed by atoms with Crippen LogP contribution in [0.25, 0.3) is 0 Å². The number of carboxylic acids is 1. The lowest BCUT2D eigenvalue weighted by molar-refractivity contribution is -0.255. The zero-order valence-electron chi connectivity index (χ0n) is 7.16. The van der Waals surface area contributed by atoms with Gasteiger partial charge in [0, 0.05) is 23.4 Å². The van der Waals surface area contributed by atoms with Gasteiger partial charge in [-0.2, -0.15) is 0 Å². The van der Waals surface area contributed by atoms with Crippen molar-refractivity contribution in [2.45, 2.75) is 6.43 Å². The molecule has 1 heterocycles. The van der Waals surface area contributed by atoms with Gasteiger partial charge in [0.25, 0.3) is 6.43 Å². The quantitative estimate of drug-likeness (QED) is 0.711. The van der Waals surface area contributed by atoms with Crippen LogP contribution in [0.5, 0.6) is 5.88 Å². The van der Waals surface area contributed by atoms with Crippen LogP contribution < -0.4 is 9.84 Å². The fourth-order valence-electron chi connectivity index (χ4n) is 0.913. The first-order chi connectivity index (χ1) is 6.56. The summed E-state index contributed by atoms with van der Waals surface area (Å²) in [6, 6.07) is 0.871. The molecule has 0 amide bonds. The van der Waals surface area contributed by atoms with Gasteiger partial charge >= 0.3 is 0 Å². The fourth-order valence-corrected chi connectivity index (χ4v) is 0.913. The van der Waals surface area contributed by atoms with E-state index >= 15 is 0 Å². The number of alkyl halides is 2. The summed E-state index contributed by atoms with van der Waals surface area (Å²) in [4.78, 5) is 13.9. The number of methoxy groups -OCH3 is 1. The molecule has 0 spiro atoms. The number of carbonyl (C=O) groups excluding carboxylic acids is 1. The first-order valence-electron chi connectivity index (χ1n) is 3.59.